The summed E-state index contributed by atoms with van der Waals surface area (Å²) in [4.78, 5) is 12.3. The van der Waals surface area contributed by atoms with Crippen molar-refractivity contribution >= 4 is 17.3 Å². The molecule has 0 atom stereocenters. The van der Waals surface area contributed by atoms with Crippen molar-refractivity contribution in [1.29, 1.82) is 0 Å². The lowest BCUT2D eigenvalue weighted by Gasteiger charge is -2.23. The van der Waals surface area contributed by atoms with Crippen molar-refractivity contribution in [1.82, 2.24) is 5.32 Å². The van der Waals surface area contributed by atoms with E-state index in [0.717, 1.165) is 42.0 Å². The average Bonchev–Trinajstić information content (AvgIpc) is 2.87. The minimum atomic E-state index is -0.341. The van der Waals surface area contributed by atoms with Crippen LogP contribution >= 0.6 is 0 Å². The van der Waals surface area contributed by atoms with E-state index in [9.17, 15) is 9.18 Å². The van der Waals surface area contributed by atoms with E-state index in [-0.39, 0.29) is 11.7 Å². The number of amides is 1. The van der Waals surface area contributed by atoms with Crippen LogP contribution in [0.25, 0.3) is 5.70 Å². The molecule has 0 fully saturated rings. The van der Waals surface area contributed by atoms with Gasteiger partial charge in [0.1, 0.15) is 5.82 Å². The molecule has 0 spiro atoms. The molecule has 0 saturated carbocycles. The number of hydrogen-bond donors (Lipinski definition) is 2. The summed E-state index contributed by atoms with van der Waals surface area (Å²) in [5.41, 5.74) is 3.34. The van der Waals surface area contributed by atoms with Crippen molar-refractivity contribution in [2.45, 2.75) is 12.8 Å². The lowest BCUT2D eigenvalue weighted by Crippen LogP contribution is -2.24. The maximum Gasteiger partial charge on any atom is 0.250 e. The smallest absolute Gasteiger partial charge is 0.250 e. The van der Waals surface area contributed by atoms with Crippen LogP contribution in [0.4, 0.5) is 10.1 Å². The molecule has 0 saturated heterocycles. The number of ether oxygens (including phenoxy) is 2. The first-order chi connectivity index (χ1) is 12.7. The molecule has 2 heterocycles. The lowest BCUT2D eigenvalue weighted by molar-refractivity contribution is -0.111. The molecule has 0 radical (unpaired) electrons. The Hall–Kier alpha value is -3.02. The maximum atomic E-state index is 13.0. The quantitative estimate of drug-likeness (QED) is 0.814. The van der Waals surface area contributed by atoms with Crippen LogP contribution in [-0.2, 0) is 11.2 Å². The van der Waals surface area contributed by atoms with Gasteiger partial charge in [-0.2, -0.15) is 0 Å². The minimum absolute atomic E-state index is 0.279. The Morgan fingerprint density at radius 1 is 1.12 bits per heavy atom. The molecule has 2 aromatic carbocycles. The van der Waals surface area contributed by atoms with E-state index in [1.807, 2.05) is 12.1 Å². The fourth-order valence-corrected chi connectivity index (χ4v) is 3.11. The van der Waals surface area contributed by atoms with Crippen LogP contribution in [0.3, 0.4) is 0 Å². The topological polar surface area (TPSA) is 59.6 Å². The van der Waals surface area contributed by atoms with E-state index in [4.69, 9.17) is 9.47 Å². The number of fused-ring (bicyclic) bond motifs is 2. The normalized spacial score (nSPS) is 17.0. The molecule has 2 aliphatic rings. The zero-order valence-corrected chi connectivity index (χ0v) is 14.2. The number of hydrogen-bond acceptors (Lipinski definition) is 4. The Kier molecular flexibility index (Phi) is 4.48. The van der Waals surface area contributed by atoms with Gasteiger partial charge in [-0.25, -0.2) is 4.39 Å². The van der Waals surface area contributed by atoms with Crippen LogP contribution in [0.2, 0.25) is 0 Å². The van der Waals surface area contributed by atoms with Gasteiger partial charge in [-0.15, -0.1) is 0 Å². The number of benzene rings is 2. The first-order valence-corrected chi connectivity index (χ1v) is 8.64. The number of nitrogens with one attached hydrogen (secondary N) is 2. The van der Waals surface area contributed by atoms with Crippen molar-refractivity contribution in [3.05, 3.63) is 59.4 Å². The molecule has 6 heteroatoms. The molecule has 4 rings (SSSR count). The molecule has 0 aliphatic carbocycles. The SMILES string of the molecule is O=C(C=C1NCCc2cc3c(cc21)OCCCO3)Nc1ccc(F)cc1. The van der Waals surface area contributed by atoms with Gasteiger partial charge in [-0.05, 0) is 48.4 Å². The van der Waals surface area contributed by atoms with E-state index in [1.165, 1.54) is 30.3 Å². The highest BCUT2D eigenvalue weighted by Crippen LogP contribution is 2.36. The van der Waals surface area contributed by atoms with Crippen LogP contribution in [0, 0.1) is 5.82 Å². The van der Waals surface area contributed by atoms with Gasteiger partial charge in [0.2, 0.25) is 5.91 Å². The van der Waals surface area contributed by atoms with Gasteiger partial charge in [-0.3, -0.25) is 4.79 Å². The Bertz CT molecular complexity index is 862. The summed E-state index contributed by atoms with van der Waals surface area (Å²) in [5.74, 6) is 0.847. The number of carbonyl (C=O) groups is 1. The van der Waals surface area contributed by atoms with E-state index in [2.05, 4.69) is 10.6 Å². The third-order valence-corrected chi connectivity index (χ3v) is 4.36. The summed E-state index contributed by atoms with van der Waals surface area (Å²) in [5, 5.41) is 6.01. The Morgan fingerprint density at radius 2 is 1.85 bits per heavy atom. The fraction of sp³-hybridized carbons (Fsp3) is 0.250. The van der Waals surface area contributed by atoms with Gasteiger partial charge in [0, 0.05) is 36.0 Å². The number of anilines is 1. The molecule has 5 nitrogen and oxygen atoms in total. The van der Waals surface area contributed by atoms with E-state index in [0.29, 0.717) is 24.7 Å². The molecule has 2 aromatic rings. The van der Waals surface area contributed by atoms with Crippen LogP contribution in [-0.4, -0.2) is 25.7 Å². The van der Waals surface area contributed by atoms with E-state index in [1.54, 1.807) is 0 Å². The van der Waals surface area contributed by atoms with Crippen LogP contribution in [0.1, 0.15) is 17.5 Å². The summed E-state index contributed by atoms with van der Waals surface area (Å²) in [6, 6.07) is 9.60. The lowest BCUT2D eigenvalue weighted by atomic mass is 9.96. The zero-order valence-electron chi connectivity index (χ0n) is 14.2. The van der Waals surface area contributed by atoms with Crippen LogP contribution < -0.4 is 20.1 Å². The van der Waals surface area contributed by atoms with Crippen molar-refractivity contribution in [2.24, 2.45) is 0 Å². The summed E-state index contributed by atoms with van der Waals surface area (Å²) < 4.78 is 24.5. The Labute approximate surface area is 150 Å². The molecule has 0 unspecified atom stereocenters. The highest BCUT2D eigenvalue weighted by molar-refractivity contribution is 6.04. The first kappa shape index (κ1) is 16.4. The van der Waals surface area contributed by atoms with Crippen molar-refractivity contribution in [3.63, 3.8) is 0 Å². The largest absolute Gasteiger partial charge is 0.490 e. The standard InChI is InChI=1S/C20H19FN2O3/c21-14-2-4-15(5-3-14)23-20(24)12-17-16-11-19-18(25-8-1-9-26-19)10-13(16)6-7-22-17/h2-5,10-12,22H,1,6-9H2,(H,23,24). The summed E-state index contributed by atoms with van der Waals surface area (Å²) in [7, 11) is 0. The molecule has 26 heavy (non-hydrogen) atoms. The molecule has 2 N–H and O–H groups in total. The maximum absolute atomic E-state index is 13.0. The number of halogens is 1. The molecule has 134 valence electrons. The van der Waals surface area contributed by atoms with Gasteiger partial charge in [0.25, 0.3) is 0 Å². The molecule has 1 amide bonds. The van der Waals surface area contributed by atoms with Crippen LogP contribution in [0.15, 0.2) is 42.5 Å². The zero-order chi connectivity index (χ0) is 17.9. The predicted octanol–water partition coefficient (Wildman–Crippen LogP) is 3.11. The van der Waals surface area contributed by atoms with E-state index < -0.39 is 0 Å². The van der Waals surface area contributed by atoms with Gasteiger partial charge < -0.3 is 20.1 Å². The monoisotopic (exact) mass is 354 g/mol. The highest BCUT2D eigenvalue weighted by atomic mass is 19.1. The average molecular weight is 354 g/mol. The number of rotatable bonds is 2. The molecule has 2 aliphatic heterocycles. The van der Waals surface area contributed by atoms with Crippen molar-refractivity contribution < 1.29 is 18.7 Å². The third kappa shape index (κ3) is 3.49. The van der Waals surface area contributed by atoms with Crippen molar-refractivity contribution in [3.8, 4) is 11.5 Å². The summed E-state index contributed by atoms with van der Waals surface area (Å²) in [6.07, 6.45) is 3.22. The van der Waals surface area contributed by atoms with Crippen molar-refractivity contribution in [2.75, 3.05) is 25.1 Å². The second-order valence-corrected chi connectivity index (χ2v) is 6.24. The second-order valence-electron chi connectivity index (χ2n) is 6.24. The Morgan fingerprint density at radius 3 is 2.62 bits per heavy atom. The predicted molar refractivity (Wildman–Crippen MR) is 96.8 cm³/mol. The third-order valence-electron chi connectivity index (χ3n) is 4.36. The van der Waals surface area contributed by atoms with Gasteiger partial charge in [0.05, 0.1) is 13.2 Å². The van der Waals surface area contributed by atoms with E-state index >= 15 is 0 Å². The molecular formula is C20H19FN2O3. The molecule has 0 aromatic heterocycles. The first-order valence-electron chi connectivity index (χ1n) is 8.64. The fourth-order valence-electron chi connectivity index (χ4n) is 3.11. The van der Waals surface area contributed by atoms with Gasteiger partial charge >= 0.3 is 0 Å². The van der Waals surface area contributed by atoms with Gasteiger partial charge in [-0.1, -0.05) is 0 Å². The molecular weight excluding hydrogens is 335 g/mol. The molecule has 0 bridgehead atoms. The van der Waals surface area contributed by atoms with Gasteiger partial charge in [0.15, 0.2) is 11.5 Å². The second kappa shape index (κ2) is 7.07. The number of carbonyl (C=O) groups excluding carboxylic acids is 1. The van der Waals surface area contributed by atoms with Crippen LogP contribution in [0.5, 0.6) is 11.5 Å². The Balaban J connectivity index is 1.60. The highest BCUT2D eigenvalue weighted by Gasteiger charge is 2.20. The minimum Gasteiger partial charge on any atom is -0.490 e. The summed E-state index contributed by atoms with van der Waals surface area (Å²) >= 11 is 0. The summed E-state index contributed by atoms with van der Waals surface area (Å²) in [6.45, 7) is 2.00.